The van der Waals surface area contributed by atoms with Gasteiger partial charge >= 0.3 is 0 Å². The maximum atomic E-state index is 6.04. The first-order valence-corrected chi connectivity index (χ1v) is 6.16. The summed E-state index contributed by atoms with van der Waals surface area (Å²) in [6, 6.07) is 3.90. The second-order valence-electron chi connectivity index (χ2n) is 4.50. The lowest BCUT2D eigenvalue weighted by molar-refractivity contribution is 0.765. The molecule has 0 saturated carbocycles. The third kappa shape index (κ3) is 2.59. The molecule has 1 aromatic heterocycles. The quantitative estimate of drug-likeness (QED) is 0.838. The van der Waals surface area contributed by atoms with Crippen LogP contribution in [0.4, 0.5) is 11.4 Å². The van der Waals surface area contributed by atoms with E-state index in [1.165, 1.54) is 0 Å². The van der Waals surface area contributed by atoms with E-state index < -0.39 is 0 Å². The van der Waals surface area contributed by atoms with Gasteiger partial charge in [-0.2, -0.15) is 5.10 Å². The van der Waals surface area contributed by atoms with Crippen molar-refractivity contribution in [2.45, 2.75) is 19.9 Å². The van der Waals surface area contributed by atoms with Gasteiger partial charge in [0.15, 0.2) is 0 Å². The monoisotopic (exact) mass is 264 g/mol. The van der Waals surface area contributed by atoms with Gasteiger partial charge < -0.3 is 11.1 Å². The second kappa shape index (κ2) is 4.90. The Hall–Kier alpha value is -1.68. The normalized spacial score (nSPS) is 12.4. The molecule has 0 aliphatic heterocycles. The minimum Gasteiger partial charge on any atom is -0.398 e. The van der Waals surface area contributed by atoms with Crippen molar-refractivity contribution in [1.29, 1.82) is 0 Å². The first-order valence-electron chi connectivity index (χ1n) is 5.78. The molecule has 1 unspecified atom stereocenters. The van der Waals surface area contributed by atoms with Crippen LogP contribution < -0.4 is 11.1 Å². The van der Waals surface area contributed by atoms with Crippen LogP contribution in [0.3, 0.4) is 0 Å². The van der Waals surface area contributed by atoms with Gasteiger partial charge in [-0.25, -0.2) is 0 Å². The van der Waals surface area contributed by atoms with E-state index in [0.29, 0.717) is 10.7 Å². The van der Waals surface area contributed by atoms with Crippen LogP contribution in [-0.2, 0) is 7.05 Å². The lowest BCUT2D eigenvalue weighted by Crippen LogP contribution is -2.07. The van der Waals surface area contributed by atoms with Gasteiger partial charge in [0.1, 0.15) is 0 Å². The van der Waals surface area contributed by atoms with Crippen LogP contribution in [-0.4, -0.2) is 9.78 Å². The van der Waals surface area contributed by atoms with Crippen molar-refractivity contribution in [3.8, 4) is 0 Å². The summed E-state index contributed by atoms with van der Waals surface area (Å²) in [6.45, 7) is 4.09. The summed E-state index contributed by atoms with van der Waals surface area (Å²) in [6.07, 6.45) is 3.85. The van der Waals surface area contributed by atoms with Gasteiger partial charge in [0.05, 0.1) is 22.9 Å². The van der Waals surface area contributed by atoms with Crippen LogP contribution in [0.15, 0.2) is 24.5 Å². The first-order chi connectivity index (χ1) is 8.47. The fourth-order valence-corrected chi connectivity index (χ4v) is 2.00. The zero-order valence-corrected chi connectivity index (χ0v) is 11.5. The number of nitrogens with one attached hydrogen (secondary N) is 1. The number of aromatic nitrogens is 2. The molecule has 18 heavy (non-hydrogen) atoms. The predicted octanol–water partition coefficient (Wildman–Crippen LogP) is 3.14. The minimum absolute atomic E-state index is 0.164. The number of rotatable bonds is 3. The number of halogens is 1. The number of aryl methyl sites for hydroxylation is 2. The molecule has 0 fully saturated rings. The smallest absolute Gasteiger partial charge is 0.0656 e. The molecular weight excluding hydrogens is 248 g/mol. The molecule has 0 amide bonds. The standard InChI is InChI=1S/C13H17ClN4/c1-8-4-12(15)11(14)5-13(8)17-9(2)10-6-16-18(3)7-10/h4-7,9,17H,15H2,1-3H3. The van der Waals surface area contributed by atoms with Crippen LogP contribution in [0.25, 0.3) is 0 Å². The number of nitrogens with two attached hydrogens (primary N) is 1. The van der Waals surface area contributed by atoms with Crippen LogP contribution in [0.2, 0.25) is 5.02 Å². The average molecular weight is 265 g/mol. The average Bonchev–Trinajstić information content (AvgIpc) is 2.73. The van der Waals surface area contributed by atoms with Gasteiger partial charge in [0.25, 0.3) is 0 Å². The molecule has 0 radical (unpaired) electrons. The summed E-state index contributed by atoms with van der Waals surface area (Å²) in [5, 5.41) is 8.15. The van der Waals surface area contributed by atoms with Crippen molar-refractivity contribution in [1.82, 2.24) is 9.78 Å². The highest BCUT2D eigenvalue weighted by Crippen LogP contribution is 2.29. The molecular formula is C13H17ClN4. The third-order valence-corrected chi connectivity index (χ3v) is 3.27. The highest BCUT2D eigenvalue weighted by Gasteiger charge is 2.10. The van der Waals surface area contributed by atoms with Crippen molar-refractivity contribution in [3.63, 3.8) is 0 Å². The maximum Gasteiger partial charge on any atom is 0.0656 e. The Bertz CT molecular complexity index is 562. The molecule has 0 aliphatic rings. The molecule has 2 aromatic rings. The topological polar surface area (TPSA) is 55.9 Å². The molecule has 0 aliphatic carbocycles. The molecule has 0 saturated heterocycles. The summed E-state index contributed by atoms with van der Waals surface area (Å²) in [7, 11) is 1.90. The number of anilines is 2. The van der Waals surface area contributed by atoms with E-state index in [4.69, 9.17) is 17.3 Å². The van der Waals surface area contributed by atoms with Crippen molar-refractivity contribution < 1.29 is 0 Å². The van der Waals surface area contributed by atoms with E-state index in [0.717, 1.165) is 16.8 Å². The highest BCUT2D eigenvalue weighted by atomic mass is 35.5. The Morgan fingerprint density at radius 1 is 1.44 bits per heavy atom. The van der Waals surface area contributed by atoms with Crippen molar-refractivity contribution in [2.75, 3.05) is 11.1 Å². The summed E-state index contributed by atoms with van der Waals surface area (Å²) in [5.74, 6) is 0. The largest absolute Gasteiger partial charge is 0.398 e. The summed E-state index contributed by atoms with van der Waals surface area (Å²) >= 11 is 6.04. The van der Waals surface area contributed by atoms with E-state index in [-0.39, 0.29) is 6.04 Å². The van der Waals surface area contributed by atoms with Gasteiger partial charge in [-0.15, -0.1) is 0 Å². The third-order valence-electron chi connectivity index (χ3n) is 2.94. The number of hydrogen-bond acceptors (Lipinski definition) is 3. The molecule has 96 valence electrons. The zero-order valence-electron chi connectivity index (χ0n) is 10.7. The summed E-state index contributed by atoms with van der Waals surface area (Å²) < 4.78 is 1.79. The Kier molecular flexibility index (Phi) is 3.48. The highest BCUT2D eigenvalue weighted by molar-refractivity contribution is 6.33. The van der Waals surface area contributed by atoms with Crippen molar-refractivity contribution in [2.24, 2.45) is 7.05 Å². The SMILES string of the molecule is Cc1cc(N)c(Cl)cc1NC(C)c1cnn(C)c1. The zero-order chi connectivity index (χ0) is 13.3. The number of nitrogens with zero attached hydrogens (tertiary/aromatic N) is 2. The number of benzene rings is 1. The van der Waals surface area contributed by atoms with Crippen LogP contribution in [0.1, 0.15) is 24.1 Å². The fourth-order valence-electron chi connectivity index (χ4n) is 1.84. The molecule has 5 heteroatoms. The van der Waals surface area contributed by atoms with E-state index in [1.807, 2.05) is 38.5 Å². The maximum absolute atomic E-state index is 6.04. The molecule has 0 spiro atoms. The van der Waals surface area contributed by atoms with E-state index in [9.17, 15) is 0 Å². The Morgan fingerprint density at radius 3 is 2.78 bits per heavy atom. The predicted molar refractivity (Wildman–Crippen MR) is 75.8 cm³/mol. The van der Waals surface area contributed by atoms with E-state index >= 15 is 0 Å². The van der Waals surface area contributed by atoms with Gasteiger partial charge in [0, 0.05) is 24.5 Å². The molecule has 2 rings (SSSR count). The van der Waals surface area contributed by atoms with Crippen LogP contribution >= 0.6 is 11.6 Å². The van der Waals surface area contributed by atoms with Gasteiger partial charge in [0.2, 0.25) is 0 Å². The summed E-state index contributed by atoms with van der Waals surface area (Å²) in [4.78, 5) is 0. The molecule has 1 atom stereocenters. The number of hydrogen-bond donors (Lipinski definition) is 2. The fraction of sp³-hybridized carbons (Fsp3) is 0.308. The molecule has 3 N–H and O–H groups in total. The molecule has 0 bridgehead atoms. The molecule has 4 nitrogen and oxygen atoms in total. The van der Waals surface area contributed by atoms with E-state index in [2.05, 4.69) is 17.3 Å². The van der Waals surface area contributed by atoms with Crippen molar-refractivity contribution in [3.05, 3.63) is 40.7 Å². The first kappa shape index (κ1) is 12.8. The van der Waals surface area contributed by atoms with Crippen LogP contribution in [0, 0.1) is 6.92 Å². The van der Waals surface area contributed by atoms with Gasteiger partial charge in [-0.3, -0.25) is 4.68 Å². The second-order valence-corrected chi connectivity index (χ2v) is 4.91. The Labute approximate surface area is 112 Å². The van der Waals surface area contributed by atoms with Crippen LogP contribution in [0.5, 0.6) is 0 Å². The van der Waals surface area contributed by atoms with Gasteiger partial charge in [-0.05, 0) is 31.5 Å². The minimum atomic E-state index is 0.164. The number of nitrogen functional groups attached to an aromatic ring is 1. The Morgan fingerprint density at radius 2 is 2.17 bits per heavy atom. The molecule has 1 aromatic carbocycles. The molecule has 1 heterocycles. The summed E-state index contributed by atoms with van der Waals surface area (Å²) in [5.41, 5.74) is 9.56. The van der Waals surface area contributed by atoms with E-state index in [1.54, 1.807) is 4.68 Å². The lowest BCUT2D eigenvalue weighted by Gasteiger charge is -2.16. The van der Waals surface area contributed by atoms with Crippen molar-refractivity contribution >= 4 is 23.0 Å². The van der Waals surface area contributed by atoms with Gasteiger partial charge in [-0.1, -0.05) is 11.6 Å². The Balaban J connectivity index is 2.21. The lowest BCUT2D eigenvalue weighted by atomic mass is 10.1.